The first-order valence-corrected chi connectivity index (χ1v) is 8.87. The Bertz CT molecular complexity index is 480. The molecule has 3 rings (SSSR count). The van der Waals surface area contributed by atoms with Crippen molar-refractivity contribution in [2.75, 3.05) is 13.1 Å². The van der Waals surface area contributed by atoms with Crippen LogP contribution in [0.15, 0.2) is 24.5 Å². The van der Waals surface area contributed by atoms with Crippen molar-refractivity contribution in [3.8, 4) is 0 Å². The zero-order valence-electron chi connectivity index (χ0n) is 13.7. The minimum Gasteiger partial charge on any atom is -0.373 e. The van der Waals surface area contributed by atoms with Crippen LogP contribution in [0.5, 0.6) is 0 Å². The van der Waals surface area contributed by atoms with Crippen LogP contribution in [0.4, 0.5) is 4.79 Å². The van der Waals surface area contributed by atoms with Crippen molar-refractivity contribution in [1.82, 2.24) is 15.2 Å². The van der Waals surface area contributed by atoms with Gasteiger partial charge in [-0.3, -0.25) is 4.98 Å². The fourth-order valence-corrected chi connectivity index (χ4v) is 3.44. The summed E-state index contributed by atoms with van der Waals surface area (Å²) in [7, 11) is 0. The van der Waals surface area contributed by atoms with Crippen molar-refractivity contribution in [2.45, 2.75) is 63.7 Å². The van der Waals surface area contributed by atoms with E-state index in [1.165, 1.54) is 19.3 Å². The number of likely N-dealkylation sites (tertiary alicyclic amines) is 1. The summed E-state index contributed by atoms with van der Waals surface area (Å²) in [4.78, 5) is 18.4. The van der Waals surface area contributed by atoms with Gasteiger partial charge in [-0.05, 0) is 37.3 Å². The molecule has 1 saturated heterocycles. The Morgan fingerprint density at radius 1 is 1.22 bits per heavy atom. The number of nitrogens with one attached hydrogen (secondary N) is 1. The second-order valence-electron chi connectivity index (χ2n) is 6.64. The maximum Gasteiger partial charge on any atom is 0.317 e. The van der Waals surface area contributed by atoms with Crippen molar-refractivity contribution in [1.29, 1.82) is 0 Å². The van der Waals surface area contributed by atoms with E-state index in [0.29, 0.717) is 12.6 Å². The number of aromatic nitrogens is 1. The van der Waals surface area contributed by atoms with Gasteiger partial charge in [-0.1, -0.05) is 25.3 Å². The highest BCUT2D eigenvalue weighted by Crippen LogP contribution is 2.19. The van der Waals surface area contributed by atoms with E-state index in [2.05, 4.69) is 10.3 Å². The number of urea groups is 1. The van der Waals surface area contributed by atoms with Gasteiger partial charge in [0.25, 0.3) is 0 Å². The minimum absolute atomic E-state index is 0.114. The third kappa shape index (κ3) is 4.93. The molecule has 0 radical (unpaired) electrons. The van der Waals surface area contributed by atoms with Gasteiger partial charge >= 0.3 is 6.03 Å². The highest BCUT2D eigenvalue weighted by atomic mass is 16.5. The molecule has 0 unspecified atom stereocenters. The Morgan fingerprint density at radius 2 is 2.00 bits per heavy atom. The molecule has 1 aliphatic carbocycles. The predicted octanol–water partition coefficient (Wildman–Crippen LogP) is 3.10. The lowest BCUT2D eigenvalue weighted by Crippen LogP contribution is -2.49. The van der Waals surface area contributed by atoms with Gasteiger partial charge in [0.15, 0.2) is 0 Å². The highest BCUT2D eigenvalue weighted by Gasteiger charge is 2.25. The molecule has 5 nitrogen and oxygen atoms in total. The molecule has 0 atom stereocenters. The molecular formula is C18H27N3O2. The van der Waals surface area contributed by atoms with Crippen LogP contribution >= 0.6 is 0 Å². The number of ether oxygens (including phenoxy) is 1. The molecule has 1 aliphatic heterocycles. The van der Waals surface area contributed by atoms with Crippen LogP contribution in [0.3, 0.4) is 0 Å². The summed E-state index contributed by atoms with van der Waals surface area (Å²) < 4.78 is 5.95. The summed E-state index contributed by atoms with van der Waals surface area (Å²) in [5, 5.41) is 3.20. The maximum absolute atomic E-state index is 12.3. The molecule has 2 amide bonds. The molecule has 5 heteroatoms. The van der Waals surface area contributed by atoms with Crippen molar-refractivity contribution in [3.05, 3.63) is 30.1 Å². The van der Waals surface area contributed by atoms with Gasteiger partial charge in [0.2, 0.25) is 0 Å². The highest BCUT2D eigenvalue weighted by molar-refractivity contribution is 5.74. The van der Waals surface area contributed by atoms with E-state index in [-0.39, 0.29) is 12.1 Å². The van der Waals surface area contributed by atoms with Crippen LogP contribution in [0, 0.1) is 0 Å². The fraction of sp³-hybridized carbons (Fsp3) is 0.667. The molecular weight excluding hydrogens is 290 g/mol. The van der Waals surface area contributed by atoms with Crippen molar-refractivity contribution in [2.24, 2.45) is 0 Å². The molecule has 126 valence electrons. The van der Waals surface area contributed by atoms with Crippen molar-refractivity contribution >= 4 is 6.03 Å². The van der Waals surface area contributed by atoms with E-state index >= 15 is 0 Å². The summed E-state index contributed by atoms with van der Waals surface area (Å²) in [5.74, 6) is 0. The minimum atomic E-state index is 0.114. The molecule has 0 bridgehead atoms. The summed E-state index contributed by atoms with van der Waals surface area (Å²) in [5.41, 5.74) is 1.10. The van der Waals surface area contributed by atoms with E-state index in [1.807, 2.05) is 23.2 Å². The number of piperidine rings is 1. The largest absolute Gasteiger partial charge is 0.373 e. The predicted molar refractivity (Wildman–Crippen MR) is 89.0 cm³/mol. The zero-order valence-corrected chi connectivity index (χ0v) is 13.7. The average molecular weight is 317 g/mol. The van der Waals surface area contributed by atoms with Crippen molar-refractivity contribution < 1.29 is 9.53 Å². The molecule has 23 heavy (non-hydrogen) atoms. The first kappa shape index (κ1) is 16.2. The van der Waals surface area contributed by atoms with Gasteiger partial charge in [0.05, 0.1) is 12.7 Å². The first-order valence-electron chi connectivity index (χ1n) is 8.87. The van der Waals surface area contributed by atoms with Gasteiger partial charge in [0.1, 0.15) is 0 Å². The van der Waals surface area contributed by atoms with Crippen LogP contribution in [-0.4, -0.2) is 41.2 Å². The van der Waals surface area contributed by atoms with E-state index < -0.39 is 0 Å². The van der Waals surface area contributed by atoms with Crippen LogP contribution in [0.1, 0.15) is 50.5 Å². The second-order valence-corrected chi connectivity index (χ2v) is 6.64. The molecule has 2 fully saturated rings. The molecule has 1 N–H and O–H groups in total. The van der Waals surface area contributed by atoms with Gasteiger partial charge in [-0.2, -0.15) is 0 Å². The molecule has 0 aromatic carbocycles. The van der Waals surface area contributed by atoms with Crippen LogP contribution in [0.2, 0.25) is 0 Å². The molecule has 0 spiro atoms. The van der Waals surface area contributed by atoms with E-state index in [4.69, 9.17) is 4.74 Å². The van der Waals surface area contributed by atoms with E-state index in [1.54, 1.807) is 6.20 Å². The van der Waals surface area contributed by atoms with Crippen molar-refractivity contribution in [3.63, 3.8) is 0 Å². The Kier molecular flexibility index (Phi) is 5.86. The number of hydrogen-bond acceptors (Lipinski definition) is 3. The van der Waals surface area contributed by atoms with Gasteiger partial charge in [-0.15, -0.1) is 0 Å². The van der Waals surface area contributed by atoms with Crippen LogP contribution in [-0.2, 0) is 11.3 Å². The Labute approximate surface area is 138 Å². The lowest BCUT2D eigenvalue weighted by molar-refractivity contribution is 0.00411. The Morgan fingerprint density at radius 3 is 2.70 bits per heavy atom. The molecule has 1 saturated carbocycles. The number of carbonyl (C=O) groups is 1. The lowest BCUT2D eigenvalue weighted by Gasteiger charge is -2.33. The number of pyridine rings is 1. The molecule has 2 heterocycles. The number of amides is 2. The number of rotatable bonds is 4. The third-order valence-electron chi connectivity index (χ3n) is 4.87. The third-order valence-corrected chi connectivity index (χ3v) is 4.87. The fourth-order valence-electron chi connectivity index (χ4n) is 3.44. The quantitative estimate of drug-likeness (QED) is 0.928. The number of carbonyl (C=O) groups excluding carboxylic acids is 1. The standard InChI is InChI=1S/C18H27N3O2/c22-18(20-16-6-2-1-3-7-16)21-11-8-17(9-12-21)23-14-15-5-4-10-19-13-15/h4-5,10,13,16-17H,1-3,6-9,11-12,14H2,(H,20,22). The number of hydrogen-bond donors (Lipinski definition) is 1. The second kappa shape index (κ2) is 8.29. The van der Waals surface area contributed by atoms with Crippen LogP contribution < -0.4 is 5.32 Å². The van der Waals surface area contributed by atoms with E-state index in [0.717, 1.165) is 44.3 Å². The maximum atomic E-state index is 12.3. The monoisotopic (exact) mass is 317 g/mol. The molecule has 1 aromatic heterocycles. The first-order chi connectivity index (χ1) is 11.3. The summed E-state index contributed by atoms with van der Waals surface area (Å²) in [6, 6.07) is 4.45. The zero-order chi connectivity index (χ0) is 15.9. The van der Waals surface area contributed by atoms with Gasteiger partial charge in [-0.25, -0.2) is 4.79 Å². The molecule has 1 aromatic rings. The van der Waals surface area contributed by atoms with Crippen LogP contribution in [0.25, 0.3) is 0 Å². The lowest BCUT2D eigenvalue weighted by atomic mass is 9.96. The smallest absolute Gasteiger partial charge is 0.317 e. The van der Waals surface area contributed by atoms with Gasteiger partial charge < -0.3 is 15.0 Å². The topological polar surface area (TPSA) is 54.5 Å². The van der Waals surface area contributed by atoms with Gasteiger partial charge in [0, 0.05) is 31.5 Å². The molecule has 2 aliphatic rings. The normalized spacial score (nSPS) is 20.4. The Balaban J connectivity index is 1.37. The summed E-state index contributed by atoms with van der Waals surface area (Å²) in [6.07, 6.45) is 11.8. The SMILES string of the molecule is O=C(NC1CCCCC1)N1CCC(OCc2cccnc2)CC1. The van der Waals surface area contributed by atoms with E-state index in [9.17, 15) is 4.79 Å². The summed E-state index contributed by atoms with van der Waals surface area (Å²) >= 11 is 0. The summed E-state index contributed by atoms with van der Waals surface area (Å²) in [6.45, 7) is 2.18. The average Bonchev–Trinajstić information content (AvgIpc) is 2.62. The number of nitrogens with zero attached hydrogens (tertiary/aromatic N) is 2. The Hall–Kier alpha value is -1.62.